The van der Waals surface area contributed by atoms with E-state index in [-0.39, 0.29) is 22.2 Å². The highest BCUT2D eigenvalue weighted by Crippen LogP contribution is 2.39. The molecule has 0 saturated carbocycles. The van der Waals surface area contributed by atoms with Crippen LogP contribution in [0.2, 0.25) is 5.02 Å². The van der Waals surface area contributed by atoms with E-state index in [1.54, 1.807) is 53.1 Å². The van der Waals surface area contributed by atoms with E-state index >= 15 is 0 Å². The van der Waals surface area contributed by atoms with Crippen molar-refractivity contribution in [3.05, 3.63) is 94.8 Å². The molecular weight excluding hydrogens is 540 g/mol. The van der Waals surface area contributed by atoms with Crippen LogP contribution < -0.4 is 5.32 Å². The van der Waals surface area contributed by atoms with Crippen LogP contribution in [-0.4, -0.2) is 20.7 Å². The Kier molecular flexibility index (Phi) is 8.42. The van der Waals surface area contributed by atoms with Crippen LogP contribution in [0.25, 0.3) is 11.4 Å². The molecule has 1 heterocycles. The maximum Gasteiger partial charge on any atom is 0.416 e. The average Bonchev–Trinajstić information content (AvgIpc) is 3.25. The van der Waals surface area contributed by atoms with E-state index in [0.717, 1.165) is 30.0 Å². The maximum atomic E-state index is 14.6. The normalized spacial score (nSPS) is 12.5. The molecule has 11 heteroatoms. The van der Waals surface area contributed by atoms with E-state index in [0.29, 0.717) is 23.1 Å². The minimum atomic E-state index is -4.60. The fraction of sp³-hybridized carbons (Fsp3) is 0.222. The fourth-order valence-corrected chi connectivity index (χ4v) is 4.96. The molecule has 1 aromatic heterocycles. The Labute approximate surface area is 226 Å². The number of alkyl halides is 3. The molecule has 1 atom stereocenters. The standard InChI is InChI=1S/C27H23ClF4N4OS/c1-16(2)15-36-24(19-10-6-7-11-21(19)29)34-35-26(36)38-23(17-8-4-3-5-9-17)25(37)33-22-14-18(27(30,31)32)12-13-20(22)28/h3-14,16,23H,15H2,1-2H3,(H,33,37). The molecule has 1 unspecified atom stereocenters. The Bertz CT molecular complexity index is 1430. The molecule has 4 rings (SSSR count). The van der Waals surface area contributed by atoms with E-state index < -0.39 is 28.7 Å². The highest BCUT2D eigenvalue weighted by Gasteiger charge is 2.32. The molecule has 198 valence electrons. The zero-order valence-corrected chi connectivity index (χ0v) is 21.9. The minimum absolute atomic E-state index is 0.0343. The minimum Gasteiger partial charge on any atom is -0.323 e. The van der Waals surface area contributed by atoms with Crippen LogP contribution in [-0.2, 0) is 17.5 Å². The van der Waals surface area contributed by atoms with Gasteiger partial charge in [-0.05, 0) is 41.8 Å². The number of halogens is 5. The van der Waals surface area contributed by atoms with E-state index in [9.17, 15) is 22.4 Å². The lowest BCUT2D eigenvalue weighted by Crippen LogP contribution is -2.20. The highest BCUT2D eigenvalue weighted by molar-refractivity contribution is 8.00. The summed E-state index contributed by atoms with van der Waals surface area (Å²) in [5.74, 6) is -0.608. The number of amides is 1. The first-order valence-electron chi connectivity index (χ1n) is 11.6. The van der Waals surface area contributed by atoms with E-state index in [1.807, 2.05) is 13.8 Å². The van der Waals surface area contributed by atoms with Crippen molar-refractivity contribution in [2.45, 2.75) is 37.0 Å². The van der Waals surface area contributed by atoms with Gasteiger partial charge in [-0.3, -0.25) is 4.79 Å². The second-order valence-electron chi connectivity index (χ2n) is 8.88. The van der Waals surface area contributed by atoms with E-state index in [1.165, 1.54) is 6.07 Å². The highest BCUT2D eigenvalue weighted by atomic mass is 35.5. The lowest BCUT2D eigenvalue weighted by atomic mass is 10.1. The van der Waals surface area contributed by atoms with Crippen molar-refractivity contribution in [1.82, 2.24) is 14.8 Å². The van der Waals surface area contributed by atoms with Gasteiger partial charge >= 0.3 is 6.18 Å². The van der Waals surface area contributed by atoms with Crippen LogP contribution in [0.3, 0.4) is 0 Å². The van der Waals surface area contributed by atoms with Crippen molar-refractivity contribution < 1.29 is 22.4 Å². The molecule has 4 aromatic rings. The van der Waals surface area contributed by atoms with Gasteiger partial charge in [0.25, 0.3) is 0 Å². The molecular formula is C27H23ClF4N4OS. The average molecular weight is 563 g/mol. The Morgan fingerprint density at radius 2 is 1.71 bits per heavy atom. The third kappa shape index (κ3) is 6.36. The first kappa shape index (κ1) is 27.7. The summed E-state index contributed by atoms with van der Waals surface area (Å²) in [4.78, 5) is 13.5. The van der Waals surface area contributed by atoms with Gasteiger partial charge in [0.05, 0.1) is 21.8 Å². The van der Waals surface area contributed by atoms with Crippen LogP contribution in [0.1, 0.15) is 30.2 Å². The summed E-state index contributed by atoms with van der Waals surface area (Å²) in [6.45, 7) is 4.41. The number of rotatable bonds is 8. The van der Waals surface area contributed by atoms with Crippen molar-refractivity contribution in [2.75, 3.05) is 5.32 Å². The van der Waals surface area contributed by atoms with Gasteiger partial charge in [0.2, 0.25) is 5.91 Å². The molecule has 0 aliphatic carbocycles. The number of benzene rings is 3. The zero-order chi connectivity index (χ0) is 27.4. The Balaban J connectivity index is 1.72. The van der Waals surface area contributed by atoms with Crippen LogP contribution in [0, 0.1) is 11.7 Å². The van der Waals surface area contributed by atoms with Gasteiger partial charge in [-0.1, -0.05) is 79.7 Å². The van der Waals surface area contributed by atoms with E-state index in [4.69, 9.17) is 11.6 Å². The van der Waals surface area contributed by atoms with Gasteiger partial charge in [0.1, 0.15) is 11.1 Å². The summed E-state index contributed by atoms with van der Waals surface area (Å²) < 4.78 is 56.1. The molecule has 1 amide bonds. The van der Waals surface area contributed by atoms with Crippen molar-refractivity contribution in [3.63, 3.8) is 0 Å². The van der Waals surface area contributed by atoms with Crippen molar-refractivity contribution >= 4 is 35.0 Å². The fourth-order valence-electron chi connectivity index (χ4n) is 3.75. The second kappa shape index (κ2) is 11.6. The molecule has 5 nitrogen and oxygen atoms in total. The first-order chi connectivity index (χ1) is 18.0. The smallest absolute Gasteiger partial charge is 0.323 e. The SMILES string of the molecule is CC(C)Cn1c(SC(C(=O)Nc2cc(C(F)(F)F)ccc2Cl)c2ccccc2)nnc1-c1ccccc1F. The Morgan fingerprint density at radius 3 is 2.37 bits per heavy atom. The number of thioether (sulfide) groups is 1. The Hall–Kier alpha value is -3.37. The lowest BCUT2D eigenvalue weighted by molar-refractivity contribution is -0.137. The Morgan fingerprint density at radius 1 is 1.03 bits per heavy atom. The summed E-state index contributed by atoms with van der Waals surface area (Å²) in [7, 11) is 0. The third-order valence-corrected chi connectivity index (χ3v) is 7.06. The van der Waals surface area contributed by atoms with Crippen molar-refractivity contribution in [3.8, 4) is 11.4 Å². The molecule has 0 aliphatic rings. The number of carbonyl (C=O) groups is 1. The summed E-state index contributed by atoms with van der Waals surface area (Å²) in [5.41, 5.74) is -0.246. The molecule has 0 bridgehead atoms. The number of anilines is 1. The third-order valence-electron chi connectivity index (χ3n) is 5.49. The van der Waals surface area contributed by atoms with Crippen molar-refractivity contribution in [1.29, 1.82) is 0 Å². The molecule has 0 saturated heterocycles. The number of nitrogens with zero attached hydrogens (tertiary/aromatic N) is 3. The lowest BCUT2D eigenvalue weighted by Gasteiger charge is -2.19. The van der Waals surface area contributed by atoms with Gasteiger partial charge in [0, 0.05) is 6.54 Å². The van der Waals surface area contributed by atoms with Gasteiger partial charge in [-0.25, -0.2) is 4.39 Å². The monoisotopic (exact) mass is 562 g/mol. The quantitative estimate of drug-likeness (QED) is 0.175. The first-order valence-corrected chi connectivity index (χ1v) is 12.9. The molecule has 1 N–H and O–H groups in total. The topological polar surface area (TPSA) is 59.8 Å². The summed E-state index contributed by atoms with van der Waals surface area (Å²) in [5, 5.41) is 10.4. The summed E-state index contributed by atoms with van der Waals surface area (Å²) in [6, 6.07) is 17.7. The zero-order valence-electron chi connectivity index (χ0n) is 20.3. The van der Waals surface area contributed by atoms with Crippen molar-refractivity contribution in [2.24, 2.45) is 5.92 Å². The summed E-state index contributed by atoms with van der Waals surface area (Å²) in [6.07, 6.45) is -4.60. The van der Waals surface area contributed by atoms with Gasteiger partial charge in [-0.15, -0.1) is 10.2 Å². The van der Waals surface area contributed by atoms with Crippen LogP contribution in [0.15, 0.2) is 78.0 Å². The van der Waals surface area contributed by atoms with Gasteiger partial charge in [0.15, 0.2) is 11.0 Å². The number of nitrogens with one attached hydrogen (secondary N) is 1. The maximum absolute atomic E-state index is 14.6. The summed E-state index contributed by atoms with van der Waals surface area (Å²) >= 11 is 7.18. The van der Waals surface area contributed by atoms with Crippen LogP contribution in [0.5, 0.6) is 0 Å². The molecule has 0 radical (unpaired) electrons. The van der Waals surface area contributed by atoms with Crippen LogP contribution >= 0.6 is 23.4 Å². The molecule has 38 heavy (non-hydrogen) atoms. The molecule has 0 spiro atoms. The molecule has 0 fully saturated rings. The van der Waals surface area contributed by atoms with Crippen LogP contribution in [0.4, 0.5) is 23.2 Å². The van der Waals surface area contributed by atoms with E-state index in [2.05, 4.69) is 15.5 Å². The van der Waals surface area contributed by atoms with Gasteiger partial charge in [-0.2, -0.15) is 13.2 Å². The molecule has 0 aliphatic heterocycles. The number of aromatic nitrogens is 3. The number of hydrogen-bond acceptors (Lipinski definition) is 4. The molecule has 3 aromatic carbocycles. The predicted molar refractivity (Wildman–Crippen MR) is 140 cm³/mol. The predicted octanol–water partition coefficient (Wildman–Crippen LogP) is 7.88. The van der Waals surface area contributed by atoms with Gasteiger partial charge < -0.3 is 9.88 Å². The largest absolute Gasteiger partial charge is 0.416 e. The number of hydrogen-bond donors (Lipinski definition) is 1. The second-order valence-corrected chi connectivity index (χ2v) is 10.4. The number of carbonyl (C=O) groups excluding carboxylic acids is 1.